The molecule has 0 aromatic heterocycles. The fourth-order valence-electron chi connectivity index (χ4n) is 11.9. The zero-order valence-corrected chi connectivity index (χ0v) is 53.3. The van der Waals surface area contributed by atoms with Gasteiger partial charge in [-0.1, -0.05) is 334 Å². The molecule has 8 N–H and O–H groups in total. The molecule has 9 unspecified atom stereocenters. The Morgan fingerprint density at radius 3 is 1.04 bits per heavy atom. The van der Waals surface area contributed by atoms with Crippen molar-refractivity contribution in [2.45, 2.75) is 416 Å². The van der Waals surface area contributed by atoms with Crippen LogP contribution in [0.25, 0.3) is 0 Å². The van der Waals surface area contributed by atoms with Crippen LogP contribution in [0.5, 0.6) is 0 Å². The Hall–Kier alpha value is -1.15. The summed E-state index contributed by atoms with van der Waals surface area (Å²) in [5.74, 6) is -0.689. The van der Waals surface area contributed by atoms with Crippen LogP contribution in [-0.4, -0.2) is 110 Å². The quantitative estimate of drug-likeness (QED) is 0.0215. The van der Waals surface area contributed by atoms with Gasteiger partial charge in [-0.05, 0) is 38.5 Å². The number of ether oxygens (including phenoxy) is 2. The third kappa shape index (κ3) is 46.7. The van der Waals surface area contributed by atoms with E-state index < -0.39 is 74.2 Å². The Bertz CT molecular complexity index is 1320. The molecule has 1 aliphatic heterocycles. The van der Waals surface area contributed by atoms with Crippen molar-refractivity contribution in [3.63, 3.8) is 0 Å². The molecule has 0 bridgehead atoms. The molecule has 1 amide bonds. The molecule has 0 aliphatic carbocycles. The molecule has 81 heavy (non-hydrogen) atoms. The Kier molecular flexibility index (Phi) is 56.9. The van der Waals surface area contributed by atoms with Crippen molar-refractivity contribution in [2.24, 2.45) is 0 Å². The Morgan fingerprint density at radius 1 is 0.420 bits per heavy atom. The molecule has 0 saturated carbocycles. The number of carbonyl (C=O) groups excluding carboxylic acids is 1. The minimum atomic E-state index is -1.66. The average molecular weight is 1150 g/mol. The van der Waals surface area contributed by atoms with Crippen LogP contribution < -0.4 is 5.32 Å². The molecule has 1 saturated heterocycles. The molecule has 1 rings (SSSR count). The molecule has 0 radical (unpaired) electrons. The van der Waals surface area contributed by atoms with E-state index in [0.29, 0.717) is 19.3 Å². The van der Waals surface area contributed by atoms with Crippen LogP contribution in [0.2, 0.25) is 0 Å². The number of unbranched alkanes of at least 4 members (excludes halogenated alkanes) is 49. The lowest BCUT2D eigenvalue weighted by molar-refractivity contribution is -0.303. The molecule has 482 valence electrons. The number of aliphatic hydroxyl groups excluding tert-OH is 7. The molecule has 0 aromatic rings. The van der Waals surface area contributed by atoms with Crippen LogP contribution in [-0.2, 0) is 14.3 Å². The van der Waals surface area contributed by atoms with E-state index in [0.717, 1.165) is 38.5 Å². The van der Waals surface area contributed by atoms with Crippen LogP contribution in [0.1, 0.15) is 361 Å². The van der Waals surface area contributed by atoms with Gasteiger partial charge in [0.1, 0.15) is 36.6 Å². The average Bonchev–Trinajstić information content (AvgIpc) is 3.51. The third-order valence-corrected chi connectivity index (χ3v) is 17.6. The first-order chi connectivity index (χ1) is 39.7. The second kappa shape index (κ2) is 59.2. The van der Waals surface area contributed by atoms with Crippen molar-refractivity contribution in [1.29, 1.82) is 0 Å². The fraction of sp³-hybridized carbons (Fsp3) is 0.957. The first-order valence-corrected chi connectivity index (χ1v) is 35.6. The maximum Gasteiger partial charge on any atom is 0.249 e. The summed E-state index contributed by atoms with van der Waals surface area (Å²) in [5, 5.41) is 76.5. The van der Waals surface area contributed by atoms with Crippen molar-refractivity contribution in [1.82, 2.24) is 5.32 Å². The van der Waals surface area contributed by atoms with Gasteiger partial charge < -0.3 is 50.5 Å². The van der Waals surface area contributed by atoms with E-state index in [4.69, 9.17) is 9.47 Å². The number of amides is 1. The normalized spacial score (nSPS) is 19.1. The van der Waals surface area contributed by atoms with E-state index in [1.54, 1.807) is 0 Å². The summed E-state index contributed by atoms with van der Waals surface area (Å²) >= 11 is 0. The summed E-state index contributed by atoms with van der Waals surface area (Å²) in [6.07, 6.45) is 61.5. The molecule has 9 atom stereocenters. The summed E-state index contributed by atoms with van der Waals surface area (Å²) in [5.41, 5.74) is 0. The van der Waals surface area contributed by atoms with Crippen LogP contribution in [0.3, 0.4) is 0 Å². The number of nitrogens with one attached hydrogen (secondary N) is 1. The maximum atomic E-state index is 13.3. The highest BCUT2D eigenvalue weighted by Crippen LogP contribution is 2.24. The van der Waals surface area contributed by atoms with Crippen LogP contribution in [0.15, 0.2) is 12.2 Å². The van der Waals surface area contributed by atoms with Gasteiger partial charge in [0, 0.05) is 0 Å². The van der Waals surface area contributed by atoms with Gasteiger partial charge in [0.2, 0.25) is 5.91 Å². The van der Waals surface area contributed by atoms with Gasteiger partial charge in [0.15, 0.2) is 6.29 Å². The fourth-order valence-corrected chi connectivity index (χ4v) is 11.9. The van der Waals surface area contributed by atoms with Crippen LogP contribution >= 0.6 is 0 Å². The van der Waals surface area contributed by atoms with Crippen molar-refractivity contribution in [3.05, 3.63) is 12.2 Å². The maximum absolute atomic E-state index is 13.3. The van der Waals surface area contributed by atoms with Gasteiger partial charge in [-0.2, -0.15) is 0 Å². The minimum absolute atomic E-state index is 0.265. The highest BCUT2D eigenvalue weighted by molar-refractivity contribution is 5.80. The predicted octanol–water partition coefficient (Wildman–Crippen LogP) is 17.0. The summed E-state index contributed by atoms with van der Waals surface area (Å²) < 4.78 is 11.2. The van der Waals surface area contributed by atoms with Crippen molar-refractivity contribution >= 4 is 5.91 Å². The lowest BCUT2D eigenvalue weighted by Crippen LogP contribution is -2.60. The summed E-state index contributed by atoms with van der Waals surface area (Å²) in [6.45, 7) is 3.52. The van der Waals surface area contributed by atoms with E-state index in [-0.39, 0.29) is 6.42 Å². The summed E-state index contributed by atoms with van der Waals surface area (Å²) in [4.78, 5) is 13.3. The van der Waals surface area contributed by atoms with Gasteiger partial charge in [0.25, 0.3) is 0 Å². The van der Waals surface area contributed by atoms with Crippen molar-refractivity contribution in [2.75, 3.05) is 13.2 Å². The van der Waals surface area contributed by atoms with E-state index in [1.807, 2.05) is 0 Å². The second-order valence-corrected chi connectivity index (χ2v) is 25.3. The Labute approximate surface area is 500 Å². The van der Waals surface area contributed by atoms with Gasteiger partial charge in [-0.3, -0.25) is 4.79 Å². The summed E-state index contributed by atoms with van der Waals surface area (Å²) in [6, 6.07) is -1.17. The minimum Gasteiger partial charge on any atom is -0.394 e. The largest absolute Gasteiger partial charge is 0.394 e. The molecule has 1 fully saturated rings. The van der Waals surface area contributed by atoms with E-state index in [2.05, 4.69) is 31.3 Å². The number of hydrogen-bond donors (Lipinski definition) is 8. The molecular formula is C70H137NO10. The highest BCUT2D eigenvalue weighted by atomic mass is 16.7. The van der Waals surface area contributed by atoms with Gasteiger partial charge in [-0.25, -0.2) is 0 Å². The molecule has 1 heterocycles. The number of carbonyl (C=O) groups is 1. The lowest BCUT2D eigenvalue weighted by Gasteiger charge is -2.40. The lowest BCUT2D eigenvalue weighted by atomic mass is 9.98. The van der Waals surface area contributed by atoms with Crippen molar-refractivity contribution < 1.29 is 50.0 Å². The number of allylic oxidation sites excluding steroid dienone is 2. The van der Waals surface area contributed by atoms with Gasteiger partial charge in [0.05, 0.1) is 25.4 Å². The highest BCUT2D eigenvalue weighted by Gasteiger charge is 2.44. The van der Waals surface area contributed by atoms with Gasteiger partial charge >= 0.3 is 0 Å². The molecule has 1 aliphatic rings. The predicted molar refractivity (Wildman–Crippen MR) is 339 cm³/mol. The SMILES string of the molecule is CCCCCCCCCCCCCC/C=C\CCCCCCCCCCCCCCCCCCC(O)C(=O)NC(COC1OC(CO)C(O)C(O)C1O)C(O)C(O)CCCCCCCCCCCCCCCCCCCCCCCC. The molecule has 0 aromatic carbocycles. The smallest absolute Gasteiger partial charge is 0.249 e. The molecular weight excluding hydrogens is 1010 g/mol. The van der Waals surface area contributed by atoms with E-state index in [1.165, 1.54) is 283 Å². The number of rotatable bonds is 63. The Morgan fingerprint density at radius 2 is 0.716 bits per heavy atom. The van der Waals surface area contributed by atoms with E-state index >= 15 is 0 Å². The first kappa shape index (κ1) is 77.9. The van der Waals surface area contributed by atoms with Crippen molar-refractivity contribution in [3.8, 4) is 0 Å². The molecule has 11 nitrogen and oxygen atoms in total. The third-order valence-electron chi connectivity index (χ3n) is 17.6. The Balaban J connectivity index is 2.17. The first-order valence-electron chi connectivity index (χ1n) is 35.6. The second-order valence-electron chi connectivity index (χ2n) is 25.3. The number of hydrogen-bond acceptors (Lipinski definition) is 10. The standard InChI is InChI=1S/C70H137NO10/c1-3-5-7-9-11-13-15-17-19-21-23-25-27-28-29-30-31-32-33-34-35-36-38-40-42-44-46-48-50-52-54-56-58-63(74)69(79)71-61(60-80-70-68(78)67(77)66(76)64(59-72)81-70)65(75)62(73)57-55-53-51-49-47-45-43-41-39-37-26-24-22-20-18-16-14-12-10-8-6-4-2/h28-29,61-68,70,72-78H,3-27,30-60H2,1-2H3,(H,71,79)/b29-28-. The molecule has 0 spiro atoms. The van der Waals surface area contributed by atoms with Gasteiger partial charge in [-0.15, -0.1) is 0 Å². The zero-order chi connectivity index (χ0) is 58.9. The summed E-state index contributed by atoms with van der Waals surface area (Å²) in [7, 11) is 0. The zero-order valence-electron chi connectivity index (χ0n) is 53.3. The van der Waals surface area contributed by atoms with Crippen LogP contribution in [0.4, 0.5) is 0 Å². The molecule has 11 heteroatoms. The number of aliphatic hydroxyl groups is 7. The monoisotopic (exact) mass is 1150 g/mol. The van der Waals surface area contributed by atoms with Crippen LogP contribution in [0, 0.1) is 0 Å². The topological polar surface area (TPSA) is 189 Å². The van der Waals surface area contributed by atoms with E-state index in [9.17, 15) is 40.5 Å².